The normalized spacial score (nSPS) is 10.1. The maximum atomic E-state index is 11.2. The third-order valence-electron chi connectivity index (χ3n) is 2.25. The van der Waals surface area contributed by atoms with E-state index in [2.05, 4.69) is 10.6 Å². The van der Waals surface area contributed by atoms with E-state index < -0.39 is 4.92 Å². The van der Waals surface area contributed by atoms with Crippen molar-refractivity contribution in [2.75, 3.05) is 13.1 Å². The largest absolute Gasteiger partial charge is 0.355 e. The second-order valence-corrected chi connectivity index (χ2v) is 3.96. The first-order chi connectivity index (χ1) is 8.56. The van der Waals surface area contributed by atoms with Gasteiger partial charge in [0.1, 0.15) is 0 Å². The standard InChI is InChI=1S/C11H14ClN3O3/c1-2-14-11(16)7-13-6-8-9(12)4-3-5-10(8)15(17)18/h3-5,13H,2,6-7H2,1H3,(H,14,16). The van der Waals surface area contributed by atoms with Gasteiger partial charge in [0.05, 0.1) is 22.1 Å². The molecule has 1 rings (SSSR count). The molecular weight excluding hydrogens is 258 g/mol. The summed E-state index contributed by atoms with van der Waals surface area (Å²) in [6, 6.07) is 4.49. The van der Waals surface area contributed by atoms with Crippen LogP contribution in [0.4, 0.5) is 5.69 Å². The number of hydrogen-bond donors (Lipinski definition) is 2. The second kappa shape index (κ2) is 6.93. The van der Waals surface area contributed by atoms with Gasteiger partial charge < -0.3 is 10.6 Å². The molecule has 0 saturated carbocycles. The third-order valence-corrected chi connectivity index (χ3v) is 2.61. The number of halogens is 1. The molecule has 0 aromatic heterocycles. The lowest BCUT2D eigenvalue weighted by atomic mass is 10.2. The van der Waals surface area contributed by atoms with Crippen LogP contribution < -0.4 is 10.6 Å². The minimum absolute atomic E-state index is 0.0501. The summed E-state index contributed by atoms with van der Waals surface area (Å²) in [5, 5.41) is 16.6. The molecule has 0 bridgehead atoms. The fourth-order valence-corrected chi connectivity index (χ4v) is 1.69. The van der Waals surface area contributed by atoms with Crippen LogP contribution in [0.25, 0.3) is 0 Å². The Hall–Kier alpha value is -1.66. The summed E-state index contributed by atoms with van der Waals surface area (Å²) in [4.78, 5) is 21.5. The molecule has 1 amide bonds. The Morgan fingerprint density at radius 1 is 1.50 bits per heavy atom. The average molecular weight is 272 g/mol. The fourth-order valence-electron chi connectivity index (χ4n) is 1.45. The van der Waals surface area contributed by atoms with E-state index in [0.29, 0.717) is 17.1 Å². The molecule has 0 aliphatic heterocycles. The summed E-state index contributed by atoms with van der Waals surface area (Å²) in [6.45, 7) is 2.63. The van der Waals surface area contributed by atoms with Crippen LogP contribution in [0.15, 0.2) is 18.2 Å². The number of likely N-dealkylation sites (N-methyl/N-ethyl adjacent to an activating group) is 1. The first-order valence-corrected chi connectivity index (χ1v) is 5.83. The molecule has 0 radical (unpaired) electrons. The number of benzene rings is 1. The zero-order valence-electron chi connectivity index (χ0n) is 9.90. The lowest BCUT2D eigenvalue weighted by Crippen LogP contribution is -2.33. The quantitative estimate of drug-likeness (QED) is 0.606. The molecule has 1 aromatic rings. The molecule has 7 heteroatoms. The van der Waals surface area contributed by atoms with Crippen LogP contribution in [0, 0.1) is 10.1 Å². The third kappa shape index (κ3) is 3.97. The molecule has 2 N–H and O–H groups in total. The summed E-state index contributed by atoms with van der Waals surface area (Å²) < 4.78 is 0. The molecule has 1 aromatic carbocycles. The van der Waals surface area contributed by atoms with E-state index in [-0.39, 0.29) is 24.7 Å². The molecule has 0 fully saturated rings. The molecular formula is C11H14ClN3O3. The van der Waals surface area contributed by atoms with E-state index in [1.165, 1.54) is 12.1 Å². The van der Waals surface area contributed by atoms with Crippen molar-refractivity contribution in [1.82, 2.24) is 10.6 Å². The smallest absolute Gasteiger partial charge is 0.275 e. The van der Waals surface area contributed by atoms with Crippen molar-refractivity contribution in [1.29, 1.82) is 0 Å². The number of nitrogens with zero attached hydrogens (tertiary/aromatic N) is 1. The number of rotatable bonds is 6. The average Bonchev–Trinajstić information content (AvgIpc) is 2.31. The molecule has 0 unspecified atom stereocenters. The van der Waals surface area contributed by atoms with E-state index in [9.17, 15) is 14.9 Å². The summed E-state index contributed by atoms with van der Waals surface area (Å²) >= 11 is 5.90. The Balaban J connectivity index is 2.67. The topological polar surface area (TPSA) is 84.3 Å². The van der Waals surface area contributed by atoms with Crippen molar-refractivity contribution in [3.8, 4) is 0 Å². The van der Waals surface area contributed by atoms with E-state index in [4.69, 9.17) is 11.6 Å². The van der Waals surface area contributed by atoms with Gasteiger partial charge in [-0.15, -0.1) is 0 Å². The maximum Gasteiger partial charge on any atom is 0.275 e. The molecule has 98 valence electrons. The molecule has 0 spiro atoms. The van der Waals surface area contributed by atoms with Gasteiger partial charge in [-0.05, 0) is 13.0 Å². The van der Waals surface area contributed by atoms with E-state index in [1.54, 1.807) is 6.07 Å². The number of hydrogen-bond acceptors (Lipinski definition) is 4. The Labute approximate surface area is 109 Å². The van der Waals surface area contributed by atoms with Gasteiger partial charge in [-0.25, -0.2) is 0 Å². The van der Waals surface area contributed by atoms with E-state index in [1.807, 2.05) is 6.92 Å². The van der Waals surface area contributed by atoms with Crippen LogP contribution in [-0.2, 0) is 11.3 Å². The molecule has 18 heavy (non-hydrogen) atoms. The van der Waals surface area contributed by atoms with Crippen LogP contribution >= 0.6 is 11.6 Å². The summed E-state index contributed by atoms with van der Waals surface area (Å²) in [7, 11) is 0. The molecule has 0 atom stereocenters. The van der Waals surface area contributed by atoms with Gasteiger partial charge in [0.25, 0.3) is 5.69 Å². The van der Waals surface area contributed by atoms with Gasteiger partial charge in [0.2, 0.25) is 5.91 Å². The van der Waals surface area contributed by atoms with Crippen molar-refractivity contribution in [3.63, 3.8) is 0 Å². The number of nitrogens with one attached hydrogen (secondary N) is 2. The summed E-state index contributed by atoms with van der Waals surface area (Å²) in [6.07, 6.45) is 0. The zero-order valence-corrected chi connectivity index (χ0v) is 10.7. The number of amides is 1. The molecule has 0 heterocycles. The van der Waals surface area contributed by atoms with Crippen LogP contribution in [0.2, 0.25) is 5.02 Å². The Bertz CT molecular complexity index is 451. The molecule has 6 nitrogen and oxygen atoms in total. The highest BCUT2D eigenvalue weighted by molar-refractivity contribution is 6.31. The van der Waals surface area contributed by atoms with Gasteiger partial charge in [0.15, 0.2) is 0 Å². The van der Waals surface area contributed by atoms with Crippen molar-refractivity contribution in [2.45, 2.75) is 13.5 Å². The Morgan fingerprint density at radius 2 is 2.22 bits per heavy atom. The van der Waals surface area contributed by atoms with Gasteiger partial charge in [-0.1, -0.05) is 17.7 Å². The monoisotopic (exact) mass is 271 g/mol. The number of nitro groups is 1. The molecule has 0 saturated heterocycles. The van der Waals surface area contributed by atoms with Crippen LogP contribution in [0.3, 0.4) is 0 Å². The lowest BCUT2D eigenvalue weighted by molar-refractivity contribution is -0.385. The summed E-state index contributed by atoms with van der Waals surface area (Å²) in [5.41, 5.74) is 0.333. The van der Waals surface area contributed by atoms with Gasteiger partial charge in [-0.2, -0.15) is 0 Å². The van der Waals surface area contributed by atoms with Gasteiger partial charge >= 0.3 is 0 Å². The maximum absolute atomic E-state index is 11.2. The number of carbonyl (C=O) groups is 1. The minimum atomic E-state index is -0.491. The molecule has 0 aliphatic rings. The lowest BCUT2D eigenvalue weighted by Gasteiger charge is -2.07. The number of nitro benzene ring substituents is 1. The van der Waals surface area contributed by atoms with Crippen molar-refractivity contribution in [3.05, 3.63) is 38.9 Å². The Morgan fingerprint density at radius 3 is 2.83 bits per heavy atom. The fraction of sp³-hybridized carbons (Fsp3) is 0.364. The van der Waals surface area contributed by atoms with E-state index in [0.717, 1.165) is 0 Å². The zero-order chi connectivity index (χ0) is 13.5. The SMILES string of the molecule is CCNC(=O)CNCc1c(Cl)cccc1[N+](=O)[O-]. The predicted octanol–water partition coefficient (Wildman–Crippen LogP) is 1.47. The first kappa shape index (κ1) is 14.4. The van der Waals surface area contributed by atoms with Crippen molar-refractivity contribution < 1.29 is 9.72 Å². The van der Waals surface area contributed by atoms with Crippen molar-refractivity contribution >= 4 is 23.2 Å². The van der Waals surface area contributed by atoms with Gasteiger partial charge in [-0.3, -0.25) is 14.9 Å². The van der Waals surface area contributed by atoms with Crippen LogP contribution in [-0.4, -0.2) is 23.9 Å². The Kier molecular flexibility index (Phi) is 5.54. The predicted molar refractivity (Wildman–Crippen MR) is 68.5 cm³/mol. The van der Waals surface area contributed by atoms with Crippen molar-refractivity contribution in [2.24, 2.45) is 0 Å². The van der Waals surface area contributed by atoms with Crippen LogP contribution in [0.1, 0.15) is 12.5 Å². The first-order valence-electron chi connectivity index (χ1n) is 5.45. The van der Waals surface area contributed by atoms with Crippen LogP contribution in [0.5, 0.6) is 0 Å². The second-order valence-electron chi connectivity index (χ2n) is 3.55. The highest BCUT2D eigenvalue weighted by atomic mass is 35.5. The molecule has 0 aliphatic carbocycles. The highest BCUT2D eigenvalue weighted by Gasteiger charge is 2.16. The summed E-state index contributed by atoms with van der Waals surface area (Å²) in [5.74, 6) is -0.160. The van der Waals surface area contributed by atoms with Gasteiger partial charge in [0, 0.05) is 19.2 Å². The van der Waals surface area contributed by atoms with E-state index >= 15 is 0 Å². The highest BCUT2D eigenvalue weighted by Crippen LogP contribution is 2.25. The number of carbonyl (C=O) groups excluding carboxylic acids is 1. The minimum Gasteiger partial charge on any atom is -0.355 e.